The Balaban J connectivity index is 1.82. The molecule has 0 saturated heterocycles. The van der Waals surface area contributed by atoms with Gasteiger partial charge in [-0.3, -0.25) is 9.36 Å². The molecule has 4 aromatic rings. The van der Waals surface area contributed by atoms with Gasteiger partial charge in [0.25, 0.3) is 5.56 Å². The van der Waals surface area contributed by atoms with E-state index in [9.17, 15) is 9.59 Å². The zero-order chi connectivity index (χ0) is 25.2. The van der Waals surface area contributed by atoms with Crippen molar-refractivity contribution < 1.29 is 14.3 Å². The molecule has 0 bridgehead atoms. The highest BCUT2D eigenvalue weighted by molar-refractivity contribution is 7.10. The van der Waals surface area contributed by atoms with E-state index in [1.165, 1.54) is 22.7 Å². The van der Waals surface area contributed by atoms with Crippen LogP contribution in [-0.2, 0) is 9.53 Å². The molecule has 9 heteroatoms. The average molecular weight is 537 g/mol. The third-order valence-corrected chi connectivity index (χ3v) is 7.81. The molecule has 0 aliphatic carbocycles. The lowest BCUT2D eigenvalue weighted by molar-refractivity contribution is -0.138. The summed E-state index contributed by atoms with van der Waals surface area (Å²) in [5.41, 5.74) is 2.03. The fourth-order valence-electron chi connectivity index (χ4n) is 4.12. The van der Waals surface area contributed by atoms with Gasteiger partial charge in [-0.2, -0.15) is 0 Å². The first-order valence-electron chi connectivity index (χ1n) is 11.2. The number of aromatic nitrogens is 1. The molecular weight excluding hydrogens is 516 g/mol. The van der Waals surface area contributed by atoms with Crippen molar-refractivity contribution in [1.82, 2.24) is 4.57 Å². The largest absolute Gasteiger partial charge is 0.496 e. The molecule has 5 rings (SSSR count). The number of benzene rings is 2. The number of thiazole rings is 1. The van der Waals surface area contributed by atoms with Crippen molar-refractivity contribution >= 4 is 52.0 Å². The quantitative estimate of drug-likeness (QED) is 0.336. The SMILES string of the molecule is CCOC(=O)C1=C(c2ccccc2)N=c2s/c(=C\c3cc(Cl)ccc3OC)c(=O)n2[C@@H]1c1cccs1. The second kappa shape index (κ2) is 10.3. The van der Waals surface area contributed by atoms with Crippen LogP contribution in [0.4, 0.5) is 0 Å². The van der Waals surface area contributed by atoms with Crippen LogP contribution in [0.15, 0.2) is 81.4 Å². The highest BCUT2D eigenvalue weighted by Crippen LogP contribution is 2.36. The first kappa shape index (κ1) is 24.2. The predicted molar refractivity (Wildman–Crippen MR) is 143 cm³/mol. The zero-order valence-electron chi connectivity index (χ0n) is 19.4. The first-order chi connectivity index (χ1) is 17.5. The third kappa shape index (κ3) is 4.43. The van der Waals surface area contributed by atoms with Gasteiger partial charge >= 0.3 is 5.97 Å². The lowest BCUT2D eigenvalue weighted by Crippen LogP contribution is -2.39. The number of esters is 1. The molecule has 0 unspecified atom stereocenters. The van der Waals surface area contributed by atoms with Crippen molar-refractivity contribution in [2.75, 3.05) is 13.7 Å². The van der Waals surface area contributed by atoms with Crippen molar-refractivity contribution in [3.05, 3.63) is 112 Å². The van der Waals surface area contributed by atoms with Gasteiger partial charge in [0.15, 0.2) is 4.80 Å². The smallest absolute Gasteiger partial charge is 0.338 e. The lowest BCUT2D eigenvalue weighted by Gasteiger charge is -2.24. The van der Waals surface area contributed by atoms with Gasteiger partial charge in [0.2, 0.25) is 0 Å². The Hall–Kier alpha value is -3.46. The van der Waals surface area contributed by atoms with Crippen LogP contribution in [0.2, 0.25) is 5.02 Å². The van der Waals surface area contributed by atoms with Crippen LogP contribution >= 0.6 is 34.3 Å². The molecule has 6 nitrogen and oxygen atoms in total. The Morgan fingerprint density at radius 3 is 2.67 bits per heavy atom. The topological polar surface area (TPSA) is 69.9 Å². The third-order valence-electron chi connectivity index (χ3n) is 5.66. The van der Waals surface area contributed by atoms with Gasteiger partial charge in [-0.25, -0.2) is 9.79 Å². The number of ether oxygens (including phenoxy) is 2. The average Bonchev–Trinajstić information content (AvgIpc) is 3.52. The minimum Gasteiger partial charge on any atom is -0.496 e. The highest BCUT2D eigenvalue weighted by Gasteiger charge is 2.35. The molecular formula is C27H21ClN2O4S2. The maximum Gasteiger partial charge on any atom is 0.338 e. The standard InChI is InChI=1S/C27H21ClN2O4S2/c1-3-34-26(32)22-23(16-8-5-4-6-9-16)29-27-30(24(22)20-10-7-13-35-20)25(31)21(36-27)15-17-14-18(28)11-12-19(17)33-2/h4-15,24H,3H2,1-2H3/b21-15-/t24-/m1/s1. The van der Waals surface area contributed by atoms with E-state index in [0.717, 1.165) is 10.4 Å². The van der Waals surface area contributed by atoms with Crippen molar-refractivity contribution in [3.63, 3.8) is 0 Å². The number of hydrogen-bond acceptors (Lipinski definition) is 7. The summed E-state index contributed by atoms with van der Waals surface area (Å²) in [4.78, 5) is 33.3. The Kier molecular flexibility index (Phi) is 6.91. The van der Waals surface area contributed by atoms with Crippen molar-refractivity contribution in [2.24, 2.45) is 4.99 Å². The summed E-state index contributed by atoms with van der Waals surface area (Å²) in [5.74, 6) is 0.0986. The molecule has 0 amide bonds. The molecule has 2 aromatic heterocycles. The van der Waals surface area contributed by atoms with Crippen LogP contribution in [0.3, 0.4) is 0 Å². The van der Waals surface area contributed by atoms with E-state index in [1.807, 2.05) is 47.8 Å². The van der Waals surface area contributed by atoms with Gasteiger partial charge in [-0.1, -0.05) is 59.3 Å². The van der Waals surface area contributed by atoms with E-state index in [1.54, 1.807) is 42.9 Å². The Morgan fingerprint density at radius 1 is 1.17 bits per heavy atom. The van der Waals surface area contributed by atoms with Gasteiger partial charge in [-0.15, -0.1) is 11.3 Å². The van der Waals surface area contributed by atoms with Gasteiger partial charge in [0, 0.05) is 21.0 Å². The normalized spacial score (nSPS) is 15.4. The molecule has 0 radical (unpaired) electrons. The number of rotatable bonds is 6. The molecule has 2 aromatic carbocycles. The fourth-order valence-corrected chi connectivity index (χ4v) is 6.11. The van der Waals surface area contributed by atoms with E-state index in [0.29, 0.717) is 36.9 Å². The van der Waals surface area contributed by atoms with Crippen LogP contribution in [0.5, 0.6) is 5.75 Å². The molecule has 0 N–H and O–H groups in total. The minimum atomic E-state index is -0.668. The second-order valence-corrected chi connectivity index (χ2v) is 10.3. The van der Waals surface area contributed by atoms with Crippen LogP contribution in [0.25, 0.3) is 11.8 Å². The van der Waals surface area contributed by atoms with Gasteiger partial charge < -0.3 is 9.47 Å². The Labute approximate surface area is 220 Å². The van der Waals surface area contributed by atoms with Gasteiger partial charge in [0.1, 0.15) is 11.8 Å². The van der Waals surface area contributed by atoms with E-state index in [-0.39, 0.29) is 12.2 Å². The number of methoxy groups -OCH3 is 1. The van der Waals surface area contributed by atoms with Gasteiger partial charge in [-0.05, 0) is 42.6 Å². The van der Waals surface area contributed by atoms with E-state index < -0.39 is 12.0 Å². The number of fused-ring (bicyclic) bond motifs is 1. The van der Waals surface area contributed by atoms with E-state index in [4.69, 9.17) is 26.1 Å². The lowest BCUT2D eigenvalue weighted by atomic mass is 9.97. The Morgan fingerprint density at radius 2 is 1.97 bits per heavy atom. The van der Waals surface area contributed by atoms with Crippen LogP contribution < -0.4 is 19.6 Å². The molecule has 182 valence electrons. The maximum atomic E-state index is 13.8. The molecule has 0 saturated carbocycles. The van der Waals surface area contributed by atoms with Crippen molar-refractivity contribution in [3.8, 4) is 5.75 Å². The summed E-state index contributed by atoms with van der Waals surface area (Å²) in [5, 5.41) is 2.45. The summed E-state index contributed by atoms with van der Waals surface area (Å²) in [7, 11) is 1.57. The fraction of sp³-hybridized carbons (Fsp3) is 0.148. The molecule has 0 fully saturated rings. The number of hydrogen-bond donors (Lipinski definition) is 0. The predicted octanol–water partition coefficient (Wildman–Crippen LogP) is 4.66. The van der Waals surface area contributed by atoms with Crippen molar-refractivity contribution in [2.45, 2.75) is 13.0 Å². The number of nitrogens with zero attached hydrogens (tertiary/aromatic N) is 2. The minimum absolute atomic E-state index is 0.209. The summed E-state index contributed by atoms with van der Waals surface area (Å²) in [6, 6.07) is 17.9. The second-order valence-electron chi connectivity index (χ2n) is 7.83. The van der Waals surface area contributed by atoms with E-state index in [2.05, 4.69) is 0 Å². The molecule has 1 atom stereocenters. The first-order valence-corrected chi connectivity index (χ1v) is 13.2. The van der Waals surface area contributed by atoms with Crippen LogP contribution in [0.1, 0.15) is 29.0 Å². The van der Waals surface area contributed by atoms with Gasteiger partial charge in [0.05, 0.1) is 29.5 Å². The van der Waals surface area contributed by atoms with Crippen LogP contribution in [0, 0.1) is 0 Å². The van der Waals surface area contributed by atoms with Crippen molar-refractivity contribution in [1.29, 1.82) is 0 Å². The summed E-state index contributed by atoms with van der Waals surface area (Å²) in [6.45, 7) is 1.97. The monoisotopic (exact) mass is 536 g/mol. The zero-order valence-corrected chi connectivity index (χ0v) is 21.8. The summed E-state index contributed by atoms with van der Waals surface area (Å²) < 4.78 is 13.0. The van der Waals surface area contributed by atoms with Crippen LogP contribution in [-0.4, -0.2) is 24.3 Å². The molecule has 0 spiro atoms. The highest BCUT2D eigenvalue weighted by atomic mass is 35.5. The molecule has 3 heterocycles. The molecule has 36 heavy (non-hydrogen) atoms. The van der Waals surface area contributed by atoms with E-state index >= 15 is 0 Å². The Bertz CT molecular complexity index is 1640. The summed E-state index contributed by atoms with van der Waals surface area (Å²) >= 11 is 8.94. The maximum absolute atomic E-state index is 13.8. The summed E-state index contributed by atoms with van der Waals surface area (Å²) in [6.07, 6.45) is 1.75. The number of thiophene rings is 1. The number of carbonyl (C=O) groups is 1. The number of carbonyl (C=O) groups excluding carboxylic acids is 1. The molecule has 1 aliphatic rings. The number of halogens is 1. The molecule has 1 aliphatic heterocycles.